The van der Waals surface area contributed by atoms with Crippen molar-refractivity contribution in [2.75, 3.05) is 19.8 Å². The molecule has 0 fully saturated rings. The minimum atomic E-state index is -0.657. The molecule has 3 N–H and O–H groups in total. The van der Waals surface area contributed by atoms with Gasteiger partial charge in [0, 0.05) is 11.6 Å². The second-order valence-electron chi connectivity index (χ2n) is 3.40. The molecule has 0 aromatic heterocycles. The van der Waals surface area contributed by atoms with Crippen molar-refractivity contribution in [3.63, 3.8) is 0 Å². The number of hydrogen-bond donors (Lipinski definition) is 2. The molecule has 0 spiro atoms. The highest BCUT2D eigenvalue weighted by atomic mass is 35.5. The van der Waals surface area contributed by atoms with Crippen molar-refractivity contribution in [3.8, 4) is 0 Å². The van der Waals surface area contributed by atoms with Gasteiger partial charge in [-0.1, -0.05) is 11.6 Å². The normalized spacial score (nSPS) is 10.1. The number of halogens is 2. The summed E-state index contributed by atoms with van der Waals surface area (Å²) in [5, 5.41) is 2.70. The zero-order valence-electron chi connectivity index (χ0n) is 9.41. The van der Waals surface area contributed by atoms with Gasteiger partial charge in [-0.2, -0.15) is 0 Å². The number of rotatable bonds is 6. The monoisotopic (exact) mass is 274 g/mol. The SMILES string of the molecule is NC(=O)COCCNC(=O)c1cc(Cl)ccc1F. The molecule has 5 nitrogen and oxygen atoms in total. The number of ether oxygens (including phenoxy) is 1. The molecular formula is C11H12ClFN2O3. The zero-order valence-corrected chi connectivity index (χ0v) is 10.2. The average Bonchev–Trinajstić information content (AvgIpc) is 2.31. The molecule has 1 aromatic carbocycles. The molecule has 0 unspecified atom stereocenters. The Morgan fingerprint density at radius 2 is 2.17 bits per heavy atom. The van der Waals surface area contributed by atoms with Crippen molar-refractivity contribution >= 4 is 23.4 Å². The third kappa shape index (κ3) is 4.68. The summed E-state index contributed by atoms with van der Waals surface area (Å²) in [6.07, 6.45) is 0. The van der Waals surface area contributed by atoms with Gasteiger partial charge in [0.1, 0.15) is 12.4 Å². The highest BCUT2D eigenvalue weighted by Crippen LogP contribution is 2.14. The van der Waals surface area contributed by atoms with E-state index in [-0.39, 0.29) is 30.3 Å². The summed E-state index contributed by atoms with van der Waals surface area (Å²) in [5.41, 5.74) is 4.71. The highest BCUT2D eigenvalue weighted by Gasteiger charge is 2.11. The summed E-state index contributed by atoms with van der Waals surface area (Å²) in [7, 11) is 0. The third-order valence-electron chi connectivity index (χ3n) is 1.95. The van der Waals surface area contributed by atoms with Gasteiger partial charge in [-0.15, -0.1) is 0 Å². The minimum absolute atomic E-state index is 0.108. The van der Waals surface area contributed by atoms with Crippen LogP contribution in [0.4, 0.5) is 4.39 Å². The van der Waals surface area contributed by atoms with Gasteiger partial charge in [0.2, 0.25) is 5.91 Å². The quantitative estimate of drug-likeness (QED) is 0.750. The fourth-order valence-corrected chi connectivity index (χ4v) is 1.35. The molecule has 0 radical (unpaired) electrons. The molecule has 7 heteroatoms. The van der Waals surface area contributed by atoms with Crippen LogP contribution in [-0.2, 0) is 9.53 Å². The van der Waals surface area contributed by atoms with Gasteiger partial charge >= 0.3 is 0 Å². The summed E-state index contributed by atoms with van der Waals surface area (Å²) in [5.74, 6) is -1.85. The fraction of sp³-hybridized carbons (Fsp3) is 0.273. The maximum absolute atomic E-state index is 13.3. The second kappa shape index (κ2) is 6.93. The smallest absolute Gasteiger partial charge is 0.254 e. The van der Waals surface area contributed by atoms with E-state index in [1.807, 2.05) is 0 Å². The van der Waals surface area contributed by atoms with Crippen LogP contribution < -0.4 is 11.1 Å². The van der Waals surface area contributed by atoms with E-state index in [1.165, 1.54) is 12.1 Å². The summed E-state index contributed by atoms with van der Waals surface area (Å²) in [6.45, 7) is 0.0241. The van der Waals surface area contributed by atoms with Gasteiger partial charge in [-0.3, -0.25) is 9.59 Å². The van der Waals surface area contributed by atoms with Crippen LogP contribution in [0.2, 0.25) is 5.02 Å². The fourth-order valence-electron chi connectivity index (χ4n) is 1.18. The number of carbonyl (C=O) groups is 2. The van der Waals surface area contributed by atoms with Gasteiger partial charge in [-0.05, 0) is 18.2 Å². The summed E-state index contributed by atoms with van der Waals surface area (Å²) < 4.78 is 18.1. The Balaban J connectivity index is 2.41. The first-order chi connectivity index (χ1) is 8.50. The Bertz CT molecular complexity index is 454. The lowest BCUT2D eigenvalue weighted by molar-refractivity contribution is -0.122. The molecule has 18 heavy (non-hydrogen) atoms. The van der Waals surface area contributed by atoms with Crippen LogP contribution in [0.25, 0.3) is 0 Å². The molecule has 2 amide bonds. The number of primary amides is 1. The average molecular weight is 275 g/mol. The first-order valence-corrected chi connectivity index (χ1v) is 5.48. The predicted octanol–water partition coefficient (Wildman–Crippen LogP) is 0.711. The van der Waals surface area contributed by atoms with Crippen molar-refractivity contribution in [1.29, 1.82) is 0 Å². The minimum Gasteiger partial charge on any atom is -0.370 e. The van der Waals surface area contributed by atoms with E-state index in [1.54, 1.807) is 0 Å². The molecule has 0 heterocycles. The summed E-state index contributed by atoms with van der Waals surface area (Å²) >= 11 is 5.66. The van der Waals surface area contributed by atoms with Crippen LogP contribution in [0.5, 0.6) is 0 Å². The molecule has 0 aliphatic carbocycles. The zero-order chi connectivity index (χ0) is 13.5. The standard InChI is InChI=1S/C11H12ClFN2O3/c12-7-1-2-9(13)8(5-7)11(17)15-3-4-18-6-10(14)16/h1-2,5H,3-4,6H2,(H2,14,16)(H,15,17). The molecular weight excluding hydrogens is 263 g/mol. The molecule has 0 bridgehead atoms. The van der Waals surface area contributed by atoms with Crippen molar-refractivity contribution in [1.82, 2.24) is 5.32 Å². The van der Waals surface area contributed by atoms with Crippen molar-refractivity contribution in [3.05, 3.63) is 34.6 Å². The highest BCUT2D eigenvalue weighted by molar-refractivity contribution is 6.30. The van der Waals surface area contributed by atoms with E-state index in [0.717, 1.165) is 6.07 Å². The maximum atomic E-state index is 13.3. The number of hydrogen-bond acceptors (Lipinski definition) is 3. The number of carbonyl (C=O) groups excluding carboxylic acids is 2. The summed E-state index contributed by atoms with van der Waals surface area (Å²) in [4.78, 5) is 21.9. The van der Waals surface area contributed by atoms with Gasteiger partial charge in [0.05, 0.1) is 12.2 Å². The molecule has 0 saturated heterocycles. The van der Waals surface area contributed by atoms with E-state index in [0.29, 0.717) is 0 Å². The van der Waals surface area contributed by atoms with E-state index in [4.69, 9.17) is 22.1 Å². The van der Waals surface area contributed by atoms with E-state index >= 15 is 0 Å². The number of benzene rings is 1. The Morgan fingerprint density at radius 1 is 1.44 bits per heavy atom. The Kier molecular flexibility index (Phi) is 5.54. The van der Waals surface area contributed by atoms with E-state index in [2.05, 4.69) is 5.32 Å². The van der Waals surface area contributed by atoms with Gasteiger partial charge in [-0.25, -0.2) is 4.39 Å². The van der Waals surface area contributed by atoms with E-state index in [9.17, 15) is 14.0 Å². The van der Waals surface area contributed by atoms with Crippen LogP contribution in [0.3, 0.4) is 0 Å². The van der Waals surface area contributed by atoms with Crippen LogP contribution >= 0.6 is 11.6 Å². The molecule has 0 saturated carbocycles. The van der Waals surface area contributed by atoms with Crippen LogP contribution in [-0.4, -0.2) is 31.6 Å². The van der Waals surface area contributed by atoms with Gasteiger partial charge < -0.3 is 15.8 Å². The lowest BCUT2D eigenvalue weighted by Crippen LogP contribution is -2.29. The number of nitrogens with two attached hydrogens (primary N) is 1. The number of amides is 2. The molecule has 1 rings (SSSR count). The van der Waals surface area contributed by atoms with E-state index < -0.39 is 17.6 Å². The Labute approximate surface area is 108 Å². The molecule has 1 aromatic rings. The third-order valence-corrected chi connectivity index (χ3v) is 2.18. The lowest BCUT2D eigenvalue weighted by atomic mass is 10.2. The molecule has 98 valence electrons. The lowest BCUT2D eigenvalue weighted by Gasteiger charge is -2.06. The first kappa shape index (κ1) is 14.4. The van der Waals surface area contributed by atoms with Crippen molar-refractivity contribution < 1.29 is 18.7 Å². The topological polar surface area (TPSA) is 81.4 Å². The maximum Gasteiger partial charge on any atom is 0.254 e. The Hall–Kier alpha value is -1.66. The van der Waals surface area contributed by atoms with Gasteiger partial charge in [0.25, 0.3) is 5.91 Å². The largest absolute Gasteiger partial charge is 0.370 e. The molecule has 0 aliphatic heterocycles. The Morgan fingerprint density at radius 3 is 2.83 bits per heavy atom. The van der Waals surface area contributed by atoms with Crippen LogP contribution in [0.1, 0.15) is 10.4 Å². The first-order valence-electron chi connectivity index (χ1n) is 5.10. The van der Waals surface area contributed by atoms with Gasteiger partial charge in [0.15, 0.2) is 0 Å². The van der Waals surface area contributed by atoms with Crippen molar-refractivity contribution in [2.45, 2.75) is 0 Å². The van der Waals surface area contributed by atoms with Crippen molar-refractivity contribution in [2.24, 2.45) is 5.73 Å². The summed E-state index contributed by atoms with van der Waals surface area (Å²) in [6, 6.07) is 3.70. The predicted molar refractivity (Wildman–Crippen MR) is 63.8 cm³/mol. The number of nitrogens with one attached hydrogen (secondary N) is 1. The second-order valence-corrected chi connectivity index (χ2v) is 3.84. The van der Waals surface area contributed by atoms with Crippen LogP contribution in [0, 0.1) is 5.82 Å². The molecule has 0 atom stereocenters. The van der Waals surface area contributed by atoms with Crippen LogP contribution in [0.15, 0.2) is 18.2 Å². The molecule has 0 aliphatic rings.